The number of amides is 2. The van der Waals surface area contributed by atoms with Crippen molar-refractivity contribution in [3.8, 4) is 11.8 Å². The third-order valence-electron chi connectivity index (χ3n) is 4.15. The predicted molar refractivity (Wildman–Crippen MR) is 112 cm³/mol. The molecule has 0 aromatic heterocycles. The summed E-state index contributed by atoms with van der Waals surface area (Å²) in [5.41, 5.74) is 2.73. The normalized spacial score (nSPS) is 9.80. The number of nitrogens with one attached hydrogen (secondary N) is 2. The number of halogens is 1. The Balaban J connectivity index is 1.64. The Morgan fingerprint density at radius 1 is 0.933 bits per heavy atom. The Morgan fingerprint density at radius 2 is 1.63 bits per heavy atom. The van der Waals surface area contributed by atoms with Gasteiger partial charge in [0.2, 0.25) is 0 Å². The highest BCUT2D eigenvalue weighted by Gasteiger charge is 2.06. The van der Waals surface area contributed by atoms with Crippen molar-refractivity contribution in [2.75, 3.05) is 12.4 Å². The average Bonchev–Trinajstić information content (AvgIpc) is 2.77. The van der Waals surface area contributed by atoms with Crippen LogP contribution in [0.15, 0.2) is 72.8 Å². The highest BCUT2D eigenvalue weighted by Crippen LogP contribution is 2.11. The van der Waals surface area contributed by atoms with Crippen molar-refractivity contribution in [2.45, 2.75) is 6.54 Å². The number of rotatable bonds is 4. The molecule has 3 aromatic rings. The summed E-state index contributed by atoms with van der Waals surface area (Å²) < 4.78 is 18.3. The number of methoxy groups -OCH3 is 1. The largest absolute Gasteiger partial charge is 0.465 e. The lowest BCUT2D eigenvalue weighted by atomic mass is 10.1. The van der Waals surface area contributed by atoms with E-state index in [4.69, 9.17) is 4.74 Å². The molecule has 0 heterocycles. The minimum atomic E-state index is -0.450. The number of urea groups is 1. The highest BCUT2D eigenvalue weighted by atomic mass is 19.1. The summed E-state index contributed by atoms with van der Waals surface area (Å²) in [5, 5.41) is 5.32. The van der Waals surface area contributed by atoms with Gasteiger partial charge in [0.05, 0.1) is 12.7 Å². The number of carbonyl (C=O) groups excluding carboxylic acids is 2. The molecule has 0 aliphatic heterocycles. The molecule has 3 rings (SSSR count). The number of carbonyl (C=O) groups is 2. The van der Waals surface area contributed by atoms with Gasteiger partial charge in [-0.3, -0.25) is 0 Å². The SMILES string of the molecule is COC(=O)c1cccc(C#Cc2cccc(NC(=O)NCc3ccccc3F)c2)c1. The van der Waals surface area contributed by atoms with Gasteiger partial charge >= 0.3 is 12.0 Å². The van der Waals surface area contributed by atoms with Gasteiger partial charge in [-0.05, 0) is 42.5 Å². The Morgan fingerprint density at radius 3 is 2.37 bits per heavy atom. The van der Waals surface area contributed by atoms with E-state index in [-0.39, 0.29) is 12.4 Å². The molecule has 30 heavy (non-hydrogen) atoms. The molecule has 0 unspecified atom stereocenters. The van der Waals surface area contributed by atoms with Gasteiger partial charge in [-0.1, -0.05) is 42.2 Å². The van der Waals surface area contributed by atoms with Crippen molar-refractivity contribution in [2.24, 2.45) is 0 Å². The van der Waals surface area contributed by atoms with Crippen LogP contribution in [0, 0.1) is 17.7 Å². The van der Waals surface area contributed by atoms with Gasteiger partial charge in [-0.15, -0.1) is 0 Å². The van der Waals surface area contributed by atoms with Crippen LogP contribution in [0.5, 0.6) is 0 Å². The van der Waals surface area contributed by atoms with E-state index in [1.165, 1.54) is 13.2 Å². The number of hydrogen-bond donors (Lipinski definition) is 2. The predicted octanol–water partition coefficient (Wildman–Crippen LogP) is 4.33. The lowest BCUT2D eigenvalue weighted by Gasteiger charge is -2.08. The van der Waals surface area contributed by atoms with E-state index in [2.05, 4.69) is 22.5 Å². The molecule has 0 aliphatic carbocycles. The summed E-state index contributed by atoms with van der Waals surface area (Å²) in [7, 11) is 1.33. The second-order valence-corrected chi connectivity index (χ2v) is 6.30. The number of benzene rings is 3. The van der Waals surface area contributed by atoms with Crippen LogP contribution in [-0.4, -0.2) is 19.1 Å². The molecular weight excluding hydrogens is 383 g/mol. The van der Waals surface area contributed by atoms with Crippen LogP contribution in [0.4, 0.5) is 14.9 Å². The molecule has 150 valence electrons. The molecule has 0 saturated heterocycles. The molecule has 0 bridgehead atoms. The Labute approximate surface area is 173 Å². The zero-order valence-corrected chi connectivity index (χ0v) is 16.2. The molecule has 2 amide bonds. The van der Waals surface area contributed by atoms with E-state index < -0.39 is 12.0 Å². The summed E-state index contributed by atoms with van der Waals surface area (Å²) in [6.45, 7) is 0.0779. The maximum atomic E-state index is 13.6. The van der Waals surface area contributed by atoms with Crippen LogP contribution in [-0.2, 0) is 11.3 Å². The standard InChI is InChI=1S/C24H19FN2O3/c1-30-23(28)19-9-4-6-17(14-19)12-13-18-7-5-10-21(15-18)27-24(29)26-16-20-8-2-3-11-22(20)25/h2-11,14-15H,16H2,1H3,(H2,26,27,29). The maximum Gasteiger partial charge on any atom is 0.337 e. The lowest BCUT2D eigenvalue weighted by molar-refractivity contribution is 0.0600. The van der Waals surface area contributed by atoms with Gasteiger partial charge in [-0.25, -0.2) is 14.0 Å². The smallest absolute Gasteiger partial charge is 0.337 e. The highest BCUT2D eigenvalue weighted by molar-refractivity contribution is 5.90. The van der Waals surface area contributed by atoms with Gasteiger partial charge < -0.3 is 15.4 Å². The van der Waals surface area contributed by atoms with Crippen LogP contribution in [0.1, 0.15) is 27.0 Å². The minimum absolute atomic E-state index is 0.0779. The number of ether oxygens (including phenoxy) is 1. The zero-order chi connectivity index (χ0) is 21.3. The fraction of sp³-hybridized carbons (Fsp3) is 0.0833. The van der Waals surface area contributed by atoms with E-state index in [0.717, 1.165) is 0 Å². The first kappa shape index (κ1) is 20.6. The summed E-state index contributed by atoms with van der Waals surface area (Å²) >= 11 is 0. The van der Waals surface area contributed by atoms with Crippen molar-refractivity contribution in [1.82, 2.24) is 5.32 Å². The maximum absolute atomic E-state index is 13.6. The molecule has 5 nitrogen and oxygen atoms in total. The summed E-state index contributed by atoms with van der Waals surface area (Å²) in [6, 6.07) is 19.7. The molecule has 0 atom stereocenters. The zero-order valence-electron chi connectivity index (χ0n) is 16.2. The number of hydrogen-bond acceptors (Lipinski definition) is 3. The Kier molecular flexibility index (Phi) is 6.80. The molecule has 0 fully saturated rings. The van der Waals surface area contributed by atoms with E-state index >= 15 is 0 Å². The van der Waals surface area contributed by atoms with Crippen LogP contribution < -0.4 is 10.6 Å². The van der Waals surface area contributed by atoms with Crippen LogP contribution in [0.25, 0.3) is 0 Å². The van der Waals surface area contributed by atoms with Crippen molar-refractivity contribution in [3.05, 3.63) is 101 Å². The minimum Gasteiger partial charge on any atom is -0.465 e. The second kappa shape index (κ2) is 9.89. The summed E-state index contributed by atoms with van der Waals surface area (Å²) in [5.74, 6) is 5.19. The third-order valence-corrected chi connectivity index (χ3v) is 4.15. The quantitative estimate of drug-likeness (QED) is 0.504. The van der Waals surface area contributed by atoms with Gasteiger partial charge in [-0.2, -0.15) is 0 Å². The number of anilines is 1. The van der Waals surface area contributed by atoms with Crippen molar-refractivity contribution < 1.29 is 18.7 Å². The Bertz CT molecular complexity index is 1130. The van der Waals surface area contributed by atoms with Crippen LogP contribution >= 0.6 is 0 Å². The molecular formula is C24H19FN2O3. The first-order valence-electron chi connectivity index (χ1n) is 9.14. The molecule has 0 saturated carbocycles. The topological polar surface area (TPSA) is 67.4 Å². The van der Waals surface area contributed by atoms with Crippen molar-refractivity contribution >= 4 is 17.7 Å². The average molecular weight is 402 g/mol. The van der Waals surface area contributed by atoms with Gasteiger partial charge in [0.1, 0.15) is 5.82 Å². The van der Waals surface area contributed by atoms with E-state index in [1.54, 1.807) is 66.7 Å². The van der Waals surface area contributed by atoms with E-state index in [0.29, 0.717) is 27.9 Å². The van der Waals surface area contributed by atoms with Crippen molar-refractivity contribution in [3.63, 3.8) is 0 Å². The van der Waals surface area contributed by atoms with Gasteiger partial charge in [0, 0.05) is 28.9 Å². The number of esters is 1. The second-order valence-electron chi connectivity index (χ2n) is 6.30. The Hall–Kier alpha value is -4.11. The molecule has 0 aliphatic rings. The molecule has 0 spiro atoms. The molecule has 0 radical (unpaired) electrons. The first-order valence-corrected chi connectivity index (χ1v) is 9.14. The van der Waals surface area contributed by atoms with E-state index in [1.807, 2.05) is 0 Å². The first-order chi connectivity index (χ1) is 14.5. The lowest BCUT2D eigenvalue weighted by Crippen LogP contribution is -2.28. The third kappa shape index (κ3) is 5.69. The summed E-state index contributed by atoms with van der Waals surface area (Å²) in [6.07, 6.45) is 0. The van der Waals surface area contributed by atoms with Crippen LogP contribution in [0.2, 0.25) is 0 Å². The van der Waals surface area contributed by atoms with Crippen LogP contribution in [0.3, 0.4) is 0 Å². The van der Waals surface area contributed by atoms with E-state index in [9.17, 15) is 14.0 Å². The summed E-state index contributed by atoms with van der Waals surface area (Å²) in [4.78, 5) is 23.7. The van der Waals surface area contributed by atoms with Crippen molar-refractivity contribution in [1.29, 1.82) is 0 Å². The molecule has 6 heteroatoms. The molecule has 2 N–H and O–H groups in total. The fourth-order valence-corrected chi connectivity index (χ4v) is 2.65. The fourth-order valence-electron chi connectivity index (χ4n) is 2.65. The van der Waals surface area contributed by atoms with Gasteiger partial charge in [0.15, 0.2) is 0 Å². The monoisotopic (exact) mass is 402 g/mol. The molecule has 3 aromatic carbocycles. The van der Waals surface area contributed by atoms with Gasteiger partial charge in [0.25, 0.3) is 0 Å².